The summed E-state index contributed by atoms with van der Waals surface area (Å²) in [6, 6.07) is 6.00. The molecule has 0 bridgehead atoms. The highest BCUT2D eigenvalue weighted by molar-refractivity contribution is 9.08. The topological polar surface area (TPSA) is 6.48 Å². The third-order valence-electron chi connectivity index (χ3n) is 4.60. The molecule has 1 aromatic rings. The van der Waals surface area contributed by atoms with Crippen molar-refractivity contribution in [1.82, 2.24) is 4.90 Å². The minimum absolute atomic E-state index is 0.0822. The fourth-order valence-electron chi connectivity index (χ4n) is 3.55. The van der Waals surface area contributed by atoms with E-state index < -0.39 is 0 Å². The molecular weight excluding hydrogens is 319 g/mol. The second-order valence-electron chi connectivity index (χ2n) is 5.87. The number of hydrogen-bond donors (Lipinski definition) is 0. The van der Waals surface area contributed by atoms with E-state index in [-0.39, 0.29) is 5.82 Å². The third-order valence-corrected chi connectivity index (χ3v) is 5.21. The number of hydrogen-bond acceptors (Lipinski definition) is 2. The van der Waals surface area contributed by atoms with Gasteiger partial charge in [-0.3, -0.25) is 4.90 Å². The molecule has 0 amide bonds. The number of alkyl halides is 1. The van der Waals surface area contributed by atoms with Crippen LogP contribution in [0.5, 0.6) is 0 Å². The maximum atomic E-state index is 14.2. The fraction of sp³-hybridized carbons (Fsp3) is 0.625. The van der Waals surface area contributed by atoms with Gasteiger partial charge in [0.15, 0.2) is 0 Å². The van der Waals surface area contributed by atoms with Crippen molar-refractivity contribution in [3.63, 3.8) is 0 Å². The van der Waals surface area contributed by atoms with Crippen LogP contribution in [0.3, 0.4) is 0 Å². The Bertz CT molecular complexity index is 460. The molecule has 2 fully saturated rings. The molecule has 0 spiro atoms. The summed E-state index contributed by atoms with van der Waals surface area (Å²) in [6.45, 7) is 4.39. The molecule has 0 saturated carbocycles. The van der Waals surface area contributed by atoms with E-state index >= 15 is 0 Å². The van der Waals surface area contributed by atoms with E-state index in [0.29, 0.717) is 11.4 Å². The van der Waals surface area contributed by atoms with Crippen molar-refractivity contribution in [1.29, 1.82) is 0 Å². The van der Waals surface area contributed by atoms with Crippen LogP contribution in [0.1, 0.15) is 31.2 Å². The lowest BCUT2D eigenvalue weighted by Crippen LogP contribution is -2.41. The summed E-state index contributed by atoms with van der Waals surface area (Å²) < 4.78 is 14.2. The van der Waals surface area contributed by atoms with Gasteiger partial charge in [0, 0.05) is 24.5 Å². The number of benzene rings is 1. The van der Waals surface area contributed by atoms with E-state index in [1.807, 2.05) is 6.07 Å². The van der Waals surface area contributed by atoms with Crippen molar-refractivity contribution in [2.75, 3.05) is 31.1 Å². The predicted octanol–water partition coefficient (Wildman–Crippen LogP) is 3.79. The molecule has 0 aromatic heterocycles. The van der Waals surface area contributed by atoms with E-state index in [1.54, 1.807) is 12.1 Å². The van der Waals surface area contributed by atoms with Gasteiger partial charge in [0.2, 0.25) is 0 Å². The summed E-state index contributed by atoms with van der Waals surface area (Å²) in [7, 11) is 0. The minimum atomic E-state index is -0.0822. The van der Waals surface area contributed by atoms with Gasteiger partial charge in [-0.2, -0.15) is 0 Å². The molecule has 2 aliphatic rings. The molecule has 1 atom stereocenters. The van der Waals surface area contributed by atoms with Crippen molar-refractivity contribution in [3.8, 4) is 0 Å². The van der Waals surface area contributed by atoms with Gasteiger partial charge in [-0.05, 0) is 44.0 Å². The van der Waals surface area contributed by atoms with Gasteiger partial charge in [0.1, 0.15) is 5.82 Å². The van der Waals surface area contributed by atoms with Gasteiger partial charge in [-0.15, -0.1) is 0 Å². The van der Waals surface area contributed by atoms with E-state index in [4.69, 9.17) is 0 Å². The van der Waals surface area contributed by atoms with E-state index in [1.165, 1.54) is 32.4 Å². The highest BCUT2D eigenvalue weighted by atomic mass is 79.9. The molecule has 2 heterocycles. The fourth-order valence-corrected chi connectivity index (χ4v) is 4.00. The highest BCUT2D eigenvalue weighted by Crippen LogP contribution is 2.31. The van der Waals surface area contributed by atoms with Crippen LogP contribution in [-0.2, 0) is 5.33 Å². The van der Waals surface area contributed by atoms with E-state index in [0.717, 1.165) is 30.8 Å². The summed E-state index contributed by atoms with van der Waals surface area (Å²) in [5, 5.41) is 0.713. The molecule has 0 aliphatic carbocycles. The first-order valence-electron chi connectivity index (χ1n) is 7.62. The Labute approximate surface area is 129 Å². The Balaban J connectivity index is 1.73. The second-order valence-corrected chi connectivity index (χ2v) is 6.43. The Morgan fingerprint density at radius 2 is 1.95 bits per heavy atom. The van der Waals surface area contributed by atoms with E-state index in [9.17, 15) is 4.39 Å². The lowest BCUT2D eigenvalue weighted by molar-refractivity contribution is 0.175. The van der Waals surface area contributed by atoms with Crippen molar-refractivity contribution in [2.45, 2.75) is 37.1 Å². The lowest BCUT2D eigenvalue weighted by atomic mass is 10.1. The zero-order valence-corrected chi connectivity index (χ0v) is 13.4. The monoisotopic (exact) mass is 340 g/mol. The Morgan fingerprint density at radius 3 is 2.70 bits per heavy atom. The lowest BCUT2D eigenvalue weighted by Gasteiger charge is -2.32. The largest absolute Gasteiger partial charge is 0.367 e. The summed E-state index contributed by atoms with van der Waals surface area (Å²) in [4.78, 5) is 4.85. The predicted molar refractivity (Wildman–Crippen MR) is 85.1 cm³/mol. The van der Waals surface area contributed by atoms with Gasteiger partial charge < -0.3 is 4.90 Å². The summed E-state index contributed by atoms with van der Waals surface area (Å²) in [5.74, 6) is -0.0822. The van der Waals surface area contributed by atoms with Gasteiger partial charge >= 0.3 is 0 Å². The van der Waals surface area contributed by atoms with Crippen molar-refractivity contribution < 1.29 is 4.39 Å². The van der Waals surface area contributed by atoms with Crippen molar-refractivity contribution in [3.05, 3.63) is 29.6 Å². The van der Waals surface area contributed by atoms with Gasteiger partial charge in [0.05, 0.1) is 5.69 Å². The second kappa shape index (κ2) is 6.44. The first-order chi connectivity index (χ1) is 9.79. The first-order valence-corrected chi connectivity index (χ1v) is 8.74. The molecule has 1 unspecified atom stereocenters. The quantitative estimate of drug-likeness (QED) is 0.772. The molecule has 2 nitrogen and oxygen atoms in total. The Hall–Kier alpha value is -0.610. The zero-order chi connectivity index (χ0) is 13.9. The first kappa shape index (κ1) is 14.3. The zero-order valence-electron chi connectivity index (χ0n) is 11.8. The number of rotatable bonds is 3. The van der Waals surface area contributed by atoms with Crippen LogP contribution in [0.25, 0.3) is 0 Å². The molecule has 3 rings (SSSR count). The smallest absolute Gasteiger partial charge is 0.146 e. The van der Waals surface area contributed by atoms with Crippen LogP contribution >= 0.6 is 15.9 Å². The summed E-state index contributed by atoms with van der Waals surface area (Å²) in [6.07, 6.45) is 5.18. The number of nitrogens with zero attached hydrogens (tertiary/aromatic N) is 2. The third kappa shape index (κ3) is 2.86. The number of likely N-dealkylation sites (tertiary alicyclic amines) is 1. The Morgan fingerprint density at radius 1 is 1.15 bits per heavy atom. The number of para-hydroxylation sites is 1. The molecule has 2 saturated heterocycles. The van der Waals surface area contributed by atoms with Gasteiger partial charge in [0.25, 0.3) is 0 Å². The molecule has 2 aliphatic heterocycles. The van der Waals surface area contributed by atoms with Crippen molar-refractivity contribution in [2.24, 2.45) is 0 Å². The van der Waals surface area contributed by atoms with Crippen molar-refractivity contribution >= 4 is 21.6 Å². The SMILES string of the molecule is Fc1cccc(CBr)c1N1CCC(N2CCCCC2)C1. The average Bonchev–Trinajstić information content (AvgIpc) is 2.97. The maximum absolute atomic E-state index is 14.2. The van der Waals surface area contributed by atoms with Crippen LogP contribution in [-0.4, -0.2) is 37.1 Å². The molecule has 4 heteroatoms. The highest BCUT2D eigenvalue weighted by Gasteiger charge is 2.30. The number of halogens is 2. The van der Waals surface area contributed by atoms with Crippen LogP contribution in [0.2, 0.25) is 0 Å². The Kier molecular flexibility index (Phi) is 4.61. The van der Waals surface area contributed by atoms with E-state index in [2.05, 4.69) is 25.7 Å². The minimum Gasteiger partial charge on any atom is -0.367 e. The maximum Gasteiger partial charge on any atom is 0.146 e. The molecular formula is C16H22BrFN2. The van der Waals surface area contributed by atoms with Crippen LogP contribution in [0, 0.1) is 5.82 Å². The van der Waals surface area contributed by atoms with Gasteiger partial charge in [-0.25, -0.2) is 4.39 Å². The van der Waals surface area contributed by atoms with Gasteiger partial charge in [-0.1, -0.05) is 34.5 Å². The number of anilines is 1. The standard InChI is InChI=1S/C16H22BrFN2/c17-11-13-5-4-6-15(18)16(13)20-10-7-14(12-20)19-8-2-1-3-9-19/h4-6,14H,1-3,7-12H2. The van der Waals surface area contributed by atoms with Crippen LogP contribution < -0.4 is 4.90 Å². The molecule has 1 aromatic carbocycles. The summed E-state index contributed by atoms with van der Waals surface area (Å²) in [5.41, 5.74) is 1.87. The summed E-state index contributed by atoms with van der Waals surface area (Å²) >= 11 is 3.48. The number of piperidine rings is 1. The average molecular weight is 341 g/mol. The molecule has 110 valence electrons. The van der Waals surface area contributed by atoms with Crippen LogP contribution in [0.4, 0.5) is 10.1 Å². The molecule has 0 N–H and O–H groups in total. The molecule has 0 radical (unpaired) electrons. The molecule has 20 heavy (non-hydrogen) atoms. The van der Waals surface area contributed by atoms with Crippen LogP contribution in [0.15, 0.2) is 18.2 Å². The normalized spacial score (nSPS) is 24.3.